The number of carbonyl (C=O) groups is 1. The number of halogens is 3. The Balaban J connectivity index is 0.00000156. The average Bonchev–Trinajstić information content (AvgIpc) is 3.08. The molecule has 3 heterocycles. The highest BCUT2D eigenvalue weighted by atomic mass is 35.5. The lowest BCUT2D eigenvalue weighted by Gasteiger charge is -2.25. The van der Waals surface area contributed by atoms with Gasteiger partial charge in [-0.3, -0.25) is 14.8 Å². The van der Waals surface area contributed by atoms with Gasteiger partial charge in [0.2, 0.25) is 0 Å². The van der Waals surface area contributed by atoms with E-state index in [0.717, 1.165) is 31.3 Å². The zero-order valence-corrected chi connectivity index (χ0v) is 15.2. The van der Waals surface area contributed by atoms with Crippen molar-refractivity contribution in [2.45, 2.75) is 13.0 Å². The number of hydrogen-bond acceptors (Lipinski definition) is 4. The Kier molecular flexibility index (Phi) is 8.75. The number of pyridine rings is 2. The summed E-state index contributed by atoms with van der Waals surface area (Å²) in [5.41, 5.74) is 0.996. The number of amides is 1. The summed E-state index contributed by atoms with van der Waals surface area (Å²) in [4.78, 5) is 22.3. The summed E-state index contributed by atoms with van der Waals surface area (Å²) < 4.78 is 13.9. The molecule has 25 heavy (non-hydrogen) atoms. The normalized spacial score (nSPS) is 15.8. The highest BCUT2D eigenvalue weighted by molar-refractivity contribution is 5.94. The van der Waals surface area contributed by atoms with Crippen LogP contribution in [0.4, 0.5) is 4.39 Å². The first-order valence-corrected chi connectivity index (χ1v) is 7.72. The van der Waals surface area contributed by atoms with Crippen LogP contribution in [0.3, 0.4) is 0 Å². The molecule has 2 aromatic rings. The molecule has 0 spiro atoms. The Morgan fingerprint density at radius 1 is 1.24 bits per heavy atom. The molecule has 1 amide bonds. The lowest BCUT2D eigenvalue weighted by Crippen LogP contribution is -2.36. The fourth-order valence-electron chi connectivity index (χ4n) is 2.83. The quantitative estimate of drug-likeness (QED) is 0.857. The Morgan fingerprint density at radius 2 is 2.04 bits per heavy atom. The molecule has 1 aliphatic rings. The van der Waals surface area contributed by atoms with Crippen molar-refractivity contribution < 1.29 is 9.18 Å². The zero-order chi connectivity index (χ0) is 16.1. The molecule has 1 atom stereocenters. The number of hydrogen-bond donors (Lipinski definition) is 1. The molecule has 8 heteroatoms. The van der Waals surface area contributed by atoms with Crippen molar-refractivity contribution in [3.63, 3.8) is 0 Å². The summed E-state index contributed by atoms with van der Waals surface area (Å²) in [6.07, 6.45) is 6.97. The molecule has 1 unspecified atom stereocenters. The lowest BCUT2D eigenvalue weighted by atomic mass is 10.1. The van der Waals surface area contributed by atoms with Crippen LogP contribution < -0.4 is 5.32 Å². The van der Waals surface area contributed by atoms with Gasteiger partial charge in [0, 0.05) is 31.7 Å². The van der Waals surface area contributed by atoms with Crippen LogP contribution in [-0.4, -0.2) is 40.4 Å². The van der Waals surface area contributed by atoms with Gasteiger partial charge in [-0.1, -0.05) is 6.07 Å². The van der Waals surface area contributed by atoms with Crippen molar-refractivity contribution in [3.05, 3.63) is 59.9 Å². The van der Waals surface area contributed by atoms with Gasteiger partial charge in [-0.2, -0.15) is 0 Å². The van der Waals surface area contributed by atoms with E-state index >= 15 is 0 Å². The SMILES string of the molecule is Cl.Cl.O=C(c1ccncc1F)N(Cc1cccnc1)CC1CCNC1. The fraction of sp³-hybridized carbons (Fsp3) is 0.353. The Morgan fingerprint density at radius 3 is 2.68 bits per heavy atom. The third-order valence-electron chi connectivity index (χ3n) is 4.03. The second-order valence-corrected chi connectivity index (χ2v) is 5.76. The molecule has 0 aromatic carbocycles. The second-order valence-electron chi connectivity index (χ2n) is 5.76. The minimum absolute atomic E-state index is 0. The van der Waals surface area contributed by atoms with Crippen LogP contribution in [0.25, 0.3) is 0 Å². The molecule has 3 rings (SSSR count). The molecule has 0 bridgehead atoms. The first-order valence-electron chi connectivity index (χ1n) is 7.72. The molecule has 0 radical (unpaired) electrons. The predicted molar refractivity (Wildman–Crippen MR) is 98.6 cm³/mol. The van der Waals surface area contributed by atoms with Gasteiger partial charge in [0.1, 0.15) is 0 Å². The van der Waals surface area contributed by atoms with E-state index in [-0.39, 0.29) is 36.3 Å². The molecule has 1 aliphatic heterocycles. The second kappa shape index (κ2) is 10.3. The Hall–Kier alpha value is -1.76. The van der Waals surface area contributed by atoms with Crippen molar-refractivity contribution >= 4 is 30.7 Å². The van der Waals surface area contributed by atoms with Crippen LogP contribution >= 0.6 is 24.8 Å². The largest absolute Gasteiger partial charge is 0.334 e. The van der Waals surface area contributed by atoms with Crippen LogP contribution in [-0.2, 0) is 6.54 Å². The first kappa shape index (κ1) is 21.3. The van der Waals surface area contributed by atoms with Crippen molar-refractivity contribution in [2.75, 3.05) is 19.6 Å². The molecule has 5 nitrogen and oxygen atoms in total. The molecular weight excluding hydrogens is 366 g/mol. The highest BCUT2D eigenvalue weighted by Gasteiger charge is 2.24. The summed E-state index contributed by atoms with van der Waals surface area (Å²) >= 11 is 0. The third-order valence-corrected chi connectivity index (χ3v) is 4.03. The summed E-state index contributed by atoms with van der Waals surface area (Å²) in [6.45, 7) is 2.87. The summed E-state index contributed by atoms with van der Waals surface area (Å²) in [6, 6.07) is 5.19. The van der Waals surface area contributed by atoms with Crippen molar-refractivity contribution in [1.82, 2.24) is 20.2 Å². The van der Waals surface area contributed by atoms with Crippen LogP contribution in [0.2, 0.25) is 0 Å². The van der Waals surface area contributed by atoms with E-state index in [2.05, 4.69) is 15.3 Å². The molecule has 136 valence electrons. The van der Waals surface area contributed by atoms with Gasteiger partial charge in [-0.15, -0.1) is 24.8 Å². The molecule has 1 saturated heterocycles. The summed E-state index contributed by atoms with van der Waals surface area (Å²) in [7, 11) is 0. The van der Waals surface area contributed by atoms with Crippen LogP contribution in [0, 0.1) is 11.7 Å². The molecule has 1 N–H and O–H groups in total. The number of nitrogens with zero attached hydrogens (tertiary/aromatic N) is 3. The average molecular weight is 387 g/mol. The predicted octanol–water partition coefficient (Wildman–Crippen LogP) is 2.71. The van der Waals surface area contributed by atoms with E-state index in [1.54, 1.807) is 17.3 Å². The topological polar surface area (TPSA) is 58.1 Å². The van der Waals surface area contributed by atoms with E-state index < -0.39 is 5.82 Å². The fourth-order valence-corrected chi connectivity index (χ4v) is 2.83. The minimum atomic E-state index is -0.585. The zero-order valence-electron chi connectivity index (χ0n) is 13.6. The number of carbonyl (C=O) groups excluding carboxylic acids is 1. The van der Waals surface area contributed by atoms with Gasteiger partial charge in [0.15, 0.2) is 5.82 Å². The summed E-state index contributed by atoms with van der Waals surface area (Å²) in [5, 5.41) is 3.30. The van der Waals surface area contributed by atoms with Gasteiger partial charge < -0.3 is 10.2 Å². The van der Waals surface area contributed by atoms with Crippen LogP contribution in [0.15, 0.2) is 43.0 Å². The maximum Gasteiger partial charge on any atom is 0.257 e. The Bertz CT molecular complexity index is 669. The molecule has 0 aliphatic carbocycles. The maximum atomic E-state index is 13.9. The van der Waals surface area contributed by atoms with Gasteiger partial charge in [0.05, 0.1) is 11.8 Å². The Labute approximate surface area is 158 Å². The molecular formula is C17H21Cl2FN4O. The highest BCUT2D eigenvalue weighted by Crippen LogP contribution is 2.16. The monoisotopic (exact) mass is 386 g/mol. The molecule has 2 aromatic heterocycles. The van der Waals surface area contributed by atoms with Gasteiger partial charge in [-0.25, -0.2) is 4.39 Å². The van der Waals surface area contributed by atoms with E-state index in [4.69, 9.17) is 0 Å². The van der Waals surface area contributed by atoms with E-state index in [1.165, 1.54) is 12.3 Å². The van der Waals surface area contributed by atoms with Crippen LogP contribution in [0.1, 0.15) is 22.3 Å². The van der Waals surface area contributed by atoms with Crippen molar-refractivity contribution in [1.29, 1.82) is 0 Å². The first-order chi connectivity index (χ1) is 11.2. The van der Waals surface area contributed by atoms with Gasteiger partial charge in [0.25, 0.3) is 5.91 Å². The molecule has 1 fully saturated rings. The van der Waals surface area contributed by atoms with E-state index in [1.807, 2.05) is 12.1 Å². The van der Waals surface area contributed by atoms with Gasteiger partial charge in [-0.05, 0) is 43.1 Å². The maximum absolute atomic E-state index is 13.9. The minimum Gasteiger partial charge on any atom is -0.334 e. The van der Waals surface area contributed by atoms with Gasteiger partial charge >= 0.3 is 0 Å². The standard InChI is InChI=1S/C17H19FN4O.2ClH/c18-16-10-21-7-4-15(16)17(23)22(12-14-3-6-20-9-14)11-13-2-1-5-19-8-13;;/h1-2,4-5,7-8,10,14,20H,3,6,9,11-12H2;2*1H. The number of rotatable bonds is 5. The third kappa shape index (κ3) is 5.63. The molecule has 0 saturated carbocycles. The summed E-state index contributed by atoms with van der Waals surface area (Å²) in [5.74, 6) is -0.501. The lowest BCUT2D eigenvalue weighted by molar-refractivity contribution is 0.0713. The smallest absolute Gasteiger partial charge is 0.257 e. The number of aromatic nitrogens is 2. The van der Waals surface area contributed by atoms with Crippen molar-refractivity contribution in [2.24, 2.45) is 5.92 Å². The number of nitrogens with one attached hydrogen (secondary N) is 1. The van der Waals surface area contributed by atoms with Crippen molar-refractivity contribution in [3.8, 4) is 0 Å². The van der Waals surface area contributed by atoms with Crippen LogP contribution in [0.5, 0.6) is 0 Å². The van der Waals surface area contributed by atoms with E-state index in [0.29, 0.717) is 19.0 Å². The van der Waals surface area contributed by atoms with E-state index in [9.17, 15) is 9.18 Å².